The molecule has 21 heavy (non-hydrogen) atoms. The molecule has 0 aliphatic heterocycles. The minimum absolute atomic E-state index is 0.0229. The van der Waals surface area contributed by atoms with E-state index in [4.69, 9.17) is 5.11 Å². The van der Waals surface area contributed by atoms with Crippen molar-refractivity contribution < 1.29 is 14.7 Å². The number of thiol groups is 1. The SMILES string of the molecule is CC(C)[C@H](NC(=O)[C@@H](CS)[C@H](C)c1ccccc1)C(=O)O. The fourth-order valence-corrected chi connectivity index (χ4v) is 2.71. The van der Waals surface area contributed by atoms with Gasteiger partial charge in [-0.2, -0.15) is 12.6 Å². The van der Waals surface area contributed by atoms with Gasteiger partial charge < -0.3 is 10.4 Å². The van der Waals surface area contributed by atoms with E-state index in [1.807, 2.05) is 37.3 Å². The van der Waals surface area contributed by atoms with Gasteiger partial charge in [-0.05, 0) is 17.4 Å². The lowest BCUT2D eigenvalue weighted by atomic mass is 9.87. The Morgan fingerprint density at radius 2 is 1.76 bits per heavy atom. The standard InChI is InChI=1S/C16H23NO3S/c1-10(2)14(16(19)20)17-15(18)13(9-21)11(3)12-7-5-4-6-8-12/h4-8,10-11,13-14,21H,9H2,1-3H3,(H,17,18)(H,19,20)/t11-,13+,14+/m1/s1. The highest BCUT2D eigenvalue weighted by molar-refractivity contribution is 7.80. The van der Waals surface area contributed by atoms with Crippen LogP contribution in [0.5, 0.6) is 0 Å². The first-order chi connectivity index (χ1) is 9.88. The molecule has 0 heterocycles. The summed E-state index contributed by atoms with van der Waals surface area (Å²) in [5.74, 6) is -1.46. The second-order valence-electron chi connectivity index (χ2n) is 5.56. The Labute approximate surface area is 131 Å². The number of carbonyl (C=O) groups excluding carboxylic acids is 1. The van der Waals surface area contributed by atoms with Crippen LogP contribution in [0.4, 0.5) is 0 Å². The van der Waals surface area contributed by atoms with Gasteiger partial charge in [0.1, 0.15) is 6.04 Å². The lowest BCUT2D eigenvalue weighted by Crippen LogP contribution is -2.47. The summed E-state index contributed by atoms with van der Waals surface area (Å²) in [4.78, 5) is 23.6. The molecule has 0 spiro atoms. The zero-order chi connectivity index (χ0) is 16.0. The predicted molar refractivity (Wildman–Crippen MR) is 86.6 cm³/mol. The third-order valence-corrected chi connectivity index (χ3v) is 4.09. The van der Waals surface area contributed by atoms with Crippen LogP contribution in [-0.2, 0) is 9.59 Å². The molecule has 0 aliphatic carbocycles. The second-order valence-corrected chi connectivity index (χ2v) is 5.92. The van der Waals surface area contributed by atoms with Crippen molar-refractivity contribution in [1.29, 1.82) is 0 Å². The van der Waals surface area contributed by atoms with Crippen LogP contribution in [0.1, 0.15) is 32.3 Å². The number of carbonyl (C=O) groups is 2. The molecule has 0 aromatic heterocycles. The minimum atomic E-state index is -1.01. The highest BCUT2D eigenvalue weighted by Gasteiger charge is 2.30. The van der Waals surface area contributed by atoms with Crippen LogP contribution in [-0.4, -0.2) is 28.8 Å². The first-order valence-electron chi connectivity index (χ1n) is 7.07. The van der Waals surface area contributed by atoms with Gasteiger partial charge in [0, 0.05) is 5.75 Å². The third-order valence-electron chi connectivity index (χ3n) is 3.69. The normalized spacial score (nSPS) is 15.3. The molecule has 1 rings (SSSR count). The van der Waals surface area contributed by atoms with Gasteiger partial charge in [-0.3, -0.25) is 4.79 Å². The fraction of sp³-hybridized carbons (Fsp3) is 0.500. The molecule has 0 bridgehead atoms. The Balaban J connectivity index is 2.84. The molecule has 1 aromatic rings. The fourth-order valence-electron chi connectivity index (χ4n) is 2.23. The van der Waals surface area contributed by atoms with Crippen LogP contribution in [0.3, 0.4) is 0 Å². The topological polar surface area (TPSA) is 66.4 Å². The molecule has 3 atom stereocenters. The summed E-state index contributed by atoms with van der Waals surface area (Å²) in [5, 5.41) is 11.8. The number of aliphatic carboxylic acids is 1. The van der Waals surface area contributed by atoms with Crippen molar-refractivity contribution >= 4 is 24.5 Å². The summed E-state index contributed by atoms with van der Waals surface area (Å²) in [5.41, 5.74) is 1.04. The molecule has 0 aliphatic rings. The Bertz CT molecular complexity index is 476. The molecule has 1 aromatic carbocycles. The average molecular weight is 309 g/mol. The Morgan fingerprint density at radius 1 is 1.19 bits per heavy atom. The lowest BCUT2D eigenvalue weighted by Gasteiger charge is -2.25. The van der Waals surface area contributed by atoms with Crippen molar-refractivity contribution in [2.24, 2.45) is 11.8 Å². The van der Waals surface area contributed by atoms with Crippen molar-refractivity contribution in [1.82, 2.24) is 5.32 Å². The molecular formula is C16H23NO3S. The molecule has 0 fully saturated rings. The van der Waals surface area contributed by atoms with Crippen molar-refractivity contribution in [2.75, 3.05) is 5.75 Å². The zero-order valence-electron chi connectivity index (χ0n) is 12.6. The van der Waals surface area contributed by atoms with E-state index in [0.717, 1.165) is 5.56 Å². The van der Waals surface area contributed by atoms with Crippen LogP contribution < -0.4 is 5.32 Å². The first kappa shape index (κ1) is 17.6. The smallest absolute Gasteiger partial charge is 0.326 e. The Kier molecular flexibility index (Phi) is 6.75. The second kappa shape index (κ2) is 8.08. The van der Waals surface area contributed by atoms with E-state index in [9.17, 15) is 9.59 Å². The molecule has 116 valence electrons. The molecule has 0 radical (unpaired) electrons. The minimum Gasteiger partial charge on any atom is -0.480 e. The van der Waals surface area contributed by atoms with Crippen LogP contribution >= 0.6 is 12.6 Å². The van der Waals surface area contributed by atoms with Gasteiger partial charge in [0.05, 0.1) is 5.92 Å². The molecule has 0 unspecified atom stereocenters. The Morgan fingerprint density at radius 3 is 2.19 bits per heavy atom. The number of hydrogen-bond donors (Lipinski definition) is 3. The average Bonchev–Trinajstić information content (AvgIpc) is 2.45. The quantitative estimate of drug-likeness (QED) is 0.678. The van der Waals surface area contributed by atoms with Crippen molar-refractivity contribution in [3.05, 3.63) is 35.9 Å². The highest BCUT2D eigenvalue weighted by Crippen LogP contribution is 2.25. The van der Waals surface area contributed by atoms with E-state index in [2.05, 4.69) is 17.9 Å². The number of benzene rings is 1. The number of carboxylic acids is 1. The van der Waals surface area contributed by atoms with Crippen molar-refractivity contribution in [3.8, 4) is 0 Å². The maximum Gasteiger partial charge on any atom is 0.326 e. The summed E-state index contributed by atoms with van der Waals surface area (Å²) < 4.78 is 0. The number of carboxylic acid groups (broad SMARTS) is 1. The molecule has 1 amide bonds. The van der Waals surface area contributed by atoms with Crippen LogP contribution in [0, 0.1) is 11.8 Å². The van der Waals surface area contributed by atoms with Crippen LogP contribution in [0.25, 0.3) is 0 Å². The summed E-state index contributed by atoms with van der Waals surface area (Å²) in [6, 6.07) is 8.83. The number of amides is 1. The van der Waals surface area contributed by atoms with Gasteiger partial charge in [-0.25, -0.2) is 4.79 Å². The van der Waals surface area contributed by atoms with Gasteiger partial charge in [-0.1, -0.05) is 51.1 Å². The zero-order valence-corrected chi connectivity index (χ0v) is 13.5. The summed E-state index contributed by atoms with van der Waals surface area (Å²) in [6.07, 6.45) is 0. The third kappa shape index (κ3) is 4.77. The van der Waals surface area contributed by atoms with E-state index in [1.54, 1.807) is 13.8 Å². The van der Waals surface area contributed by atoms with Crippen LogP contribution in [0.2, 0.25) is 0 Å². The van der Waals surface area contributed by atoms with Gasteiger partial charge in [0.15, 0.2) is 0 Å². The maximum absolute atomic E-state index is 12.4. The van der Waals surface area contributed by atoms with Gasteiger partial charge in [-0.15, -0.1) is 0 Å². The molecule has 0 saturated carbocycles. The van der Waals surface area contributed by atoms with Crippen LogP contribution in [0.15, 0.2) is 30.3 Å². The Hall–Kier alpha value is -1.49. The molecule has 4 nitrogen and oxygen atoms in total. The van der Waals surface area contributed by atoms with E-state index in [0.29, 0.717) is 5.75 Å². The van der Waals surface area contributed by atoms with E-state index in [-0.39, 0.29) is 23.7 Å². The monoisotopic (exact) mass is 309 g/mol. The molecule has 0 saturated heterocycles. The maximum atomic E-state index is 12.4. The number of hydrogen-bond acceptors (Lipinski definition) is 3. The van der Waals surface area contributed by atoms with E-state index in [1.165, 1.54) is 0 Å². The van der Waals surface area contributed by atoms with Gasteiger partial charge >= 0.3 is 5.97 Å². The largest absolute Gasteiger partial charge is 0.480 e. The summed E-state index contributed by atoms with van der Waals surface area (Å²) in [7, 11) is 0. The van der Waals surface area contributed by atoms with Gasteiger partial charge in [0.25, 0.3) is 0 Å². The van der Waals surface area contributed by atoms with E-state index < -0.39 is 12.0 Å². The molecule has 2 N–H and O–H groups in total. The van der Waals surface area contributed by atoms with Crippen molar-refractivity contribution in [3.63, 3.8) is 0 Å². The summed E-state index contributed by atoms with van der Waals surface area (Å²) in [6.45, 7) is 5.51. The molecule has 5 heteroatoms. The van der Waals surface area contributed by atoms with E-state index >= 15 is 0 Å². The predicted octanol–water partition coefficient (Wildman–Crippen LogP) is 2.56. The number of rotatable bonds is 7. The summed E-state index contributed by atoms with van der Waals surface area (Å²) >= 11 is 4.26. The van der Waals surface area contributed by atoms with Gasteiger partial charge in [0.2, 0.25) is 5.91 Å². The number of nitrogens with one attached hydrogen (secondary N) is 1. The highest BCUT2D eigenvalue weighted by atomic mass is 32.1. The van der Waals surface area contributed by atoms with Crippen molar-refractivity contribution in [2.45, 2.75) is 32.7 Å². The molecular weight excluding hydrogens is 286 g/mol. The first-order valence-corrected chi connectivity index (χ1v) is 7.70. The lowest BCUT2D eigenvalue weighted by molar-refractivity contribution is -0.143.